The number of nitrogen functional groups attached to an aromatic ring is 1. The van der Waals surface area contributed by atoms with Crippen LogP contribution in [0.4, 0.5) is 14.6 Å². The number of ether oxygens (including phenoxy) is 1. The lowest BCUT2D eigenvalue weighted by atomic mass is 9.93. The molecule has 34 heavy (non-hydrogen) atoms. The Balaban J connectivity index is 1.81. The molecule has 1 aromatic carbocycles. The minimum atomic E-state index is -2.53. The number of halogens is 2. The number of fused-ring (bicyclic) bond motifs is 7. The van der Waals surface area contributed by atoms with Crippen LogP contribution in [-0.4, -0.2) is 31.0 Å². The van der Waals surface area contributed by atoms with Gasteiger partial charge in [-0.05, 0) is 19.9 Å². The number of benzene rings is 1. The first-order valence-electron chi connectivity index (χ1n) is 11.1. The molecule has 0 saturated heterocycles. The van der Waals surface area contributed by atoms with Crippen LogP contribution in [0.15, 0.2) is 36.7 Å². The standard InChI is InChI=1S/C25H26F2N6O/c1-13-5-6-17-18(7-13)14(2)34-21-9-15(11-29-25(21)28)23-19(10-22(26)27)30-33(4)20(23)8-16-12-32(3)31-24(16)17/h5-7,9,11-12,14,22H,8,10H2,1-4H3,(H2,28,29). The number of nitrogens with zero attached hydrogens (tertiary/aromatic N) is 5. The van der Waals surface area contributed by atoms with Gasteiger partial charge in [0.2, 0.25) is 6.43 Å². The molecule has 176 valence electrons. The normalized spacial score (nSPS) is 15.1. The average Bonchev–Trinajstić information content (AvgIpc) is 3.27. The number of hydrogen-bond donors (Lipinski definition) is 1. The van der Waals surface area contributed by atoms with Crippen molar-refractivity contribution in [3.05, 3.63) is 64.7 Å². The molecule has 0 fully saturated rings. The van der Waals surface area contributed by atoms with Crippen LogP contribution in [0.1, 0.15) is 41.1 Å². The summed E-state index contributed by atoms with van der Waals surface area (Å²) in [6.07, 6.45) is 0.692. The van der Waals surface area contributed by atoms with Gasteiger partial charge in [0.05, 0.1) is 23.5 Å². The lowest BCUT2D eigenvalue weighted by Crippen LogP contribution is -2.09. The van der Waals surface area contributed by atoms with Crippen molar-refractivity contribution in [1.82, 2.24) is 24.5 Å². The Morgan fingerprint density at radius 1 is 1.21 bits per heavy atom. The highest BCUT2D eigenvalue weighted by Gasteiger charge is 2.26. The molecule has 0 radical (unpaired) electrons. The summed E-state index contributed by atoms with van der Waals surface area (Å²) in [7, 11) is 3.65. The van der Waals surface area contributed by atoms with Crippen LogP contribution in [0.25, 0.3) is 22.4 Å². The van der Waals surface area contributed by atoms with E-state index in [1.807, 2.05) is 39.2 Å². The molecule has 0 saturated carbocycles. The molecule has 4 aromatic rings. The zero-order valence-corrected chi connectivity index (χ0v) is 19.5. The highest BCUT2D eigenvalue weighted by atomic mass is 19.3. The number of hydrogen-bond acceptors (Lipinski definition) is 5. The summed E-state index contributed by atoms with van der Waals surface area (Å²) >= 11 is 0. The van der Waals surface area contributed by atoms with Crippen LogP contribution in [0.3, 0.4) is 0 Å². The molecule has 1 atom stereocenters. The minimum absolute atomic E-state index is 0.237. The minimum Gasteiger partial charge on any atom is -0.482 e. The van der Waals surface area contributed by atoms with Crippen molar-refractivity contribution < 1.29 is 13.5 Å². The van der Waals surface area contributed by atoms with Gasteiger partial charge >= 0.3 is 0 Å². The lowest BCUT2D eigenvalue weighted by molar-refractivity contribution is 0.148. The number of aryl methyl sites for hydroxylation is 3. The van der Waals surface area contributed by atoms with Gasteiger partial charge in [-0.15, -0.1) is 0 Å². The van der Waals surface area contributed by atoms with E-state index in [0.717, 1.165) is 33.6 Å². The predicted octanol–water partition coefficient (Wildman–Crippen LogP) is 4.63. The van der Waals surface area contributed by atoms with Gasteiger partial charge in [0.1, 0.15) is 6.10 Å². The van der Waals surface area contributed by atoms with Gasteiger partial charge in [-0.3, -0.25) is 9.36 Å². The van der Waals surface area contributed by atoms with Gasteiger partial charge in [-0.25, -0.2) is 13.8 Å². The fourth-order valence-corrected chi connectivity index (χ4v) is 4.69. The molecule has 0 amide bonds. The van der Waals surface area contributed by atoms with Gasteiger partial charge in [0.25, 0.3) is 0 Å². The molecule has 7 nitrogen and oxygen atoms in total. The fourth-order valence-electron chi connectivity index (χ4n) is 4.69. The van der Waals surface area contributed by atoms with E-state index in [1.165, 1.54) is 0 Å². The summed E-state index contributed by atoms with van der Waals surface area (Å²) in [6, 6.07) is 7.96. The Hall–Kier alpha value is -3.75. The van der Waals surface area contributed by atoms with Crippen molar-refractivity contribution in [2.24, 2.45) is 14.1 Å². The summed E-state index contributed by atoms with van der Waals surface area (Å²) in [5.41, 5.74) is 13.4. The molecule has 9 heteroatoms. The van der Waals surface area contributed by atoms with Crippen LogP contribution >= 0.6 is 0 Å². The van der Waals surface area contributed by atoms with Crippen molar-refractivity contribution >= 4 is 5.82 Å². The summed E-state index contributed by atoms with van der Waals surface area (Å²) < 4.78 is 36.7. The summed E-state index contributed by atoms with van der Waals surface area (Å²) in [5.74, 6) is 0.637. The SMILES string of the molecule is Cc1ccc2c(c1)C(C)Oc1cc(cnc1N)-c1c(CC(F)F)nn(C)c1Cc1cn(C)nc1-2. The van der Waals surface area contributed by atoms with Crippen molar-refractivity contribution in [2.75, 3.05) is 5.73 Å². The van der Waals surface area contributed by atoms with E-state index in [4.69, 9.17) is 15.6 Å². The van der Waals surface area contributed by atoms with E-state index < -0.39 is 12.8 Å². The summed E-state index contributed by atoms with van der Waals surface area (Å²) in [6.45, 7) is 3.99. The zero-order valence-electron chi connectivity index (χ0n) is 19.5. The fraction of sp³-hybridized carbons (Fsp3) is 0.320. The monoisotopic (exact) mass is 464 g/mol. The van der Waals surface area contributed by atoms with E-state index in [9.17, 15) is 8.78 Å². The Morgan fingerprint density at radius 3 is 2.76 bits per heavy atom. The van der Waals surface area contributed by atoms with E-state index in [0.29, 0.717) is 29.0 Å². The largest absolute Gasteiger partial charge is 0.482 e. The van der Waals surface area contributed by atoms with E-state index >= 15 is 0 Å². The van der Waals surface area contributed by atoms with E-state index in [2.05, 4.69) is 16.1 Å². The smallest absolute Gasteiger partial charge is 0.244 e. The third kappa shape index (κ3) is 3.81. The molecule has 2 bridgehead atoms. The molecule has 4 heterocycles. The lowest BCUT2D eigenvalue weighted by Gasteiger charge is -2.21. The van der Waals surface area contributed by atoms with Gasteiger partial charge in [-0.1, -0.05) is 23.8 Å². The first-order chi connectivity index (χ1) is 16.2. The third-order valence-corrected chi connectivity index (χ3v) is 6.22. The summed E-state index contributed by atoms with van der Waals surface area (Å²) in [4.78, 5) is 4.33. The Labute approximate surface area is 196 Å². The van der Waals surface area contributed by atoms with Crippen LogP contribution in [0.2, 0.25) is 0 Å². The second kappa shape index (κ2) is 8.23. The van der Waals surface area contributed by atoms with Gasteiger partial charge in [0, 0.05) is 60.7 Å². The molecule has 1 aliphatic heterocycles. The molecular weight excluding hydrogens is 438 g/mol. The number of rotatable bonds is 2. The predicted molar refractivity (Wildman–Crippen MR) is 126 cm³/mol. The Kier molecular flexibility index (Phi) is 5.34. The summed E-state index contributed by atoms with van der Waals surface area (Å²) in [5, 5.41) is 9.22. The van der Waals surface area contributed by atoms with Gasteiger partial charge in [0.15, 0.2) is 11.6 Å². The van der Waals surface area contributed by atoms with Crippen molar-refractivity contribution in [2.45, 2.75) is 39.2 Å². The molecular formula is C25H26F2N6O. The first kappa shape index (κ1) is 22.1. The van der Waals surface area contributed by atoms with Crippen LogP contribution in [0.5, 0.6) is 5.75 Å². The van der Waals surface area contributed by atoms with E-state index in [1.54, 1.807) is 28.7 Å². The maximum atomic E-state index is 13.5. The number of nitrogens with two attached hydrogens (primary N) is 1. The molecule has 1 unspecified atom stereocenters. The zero-order chi connectivity index (χ0) is 24.1. The molecule has 0 spiro atoms. The van der Waals surface area contributed by atoms with Crippen molar-refractivity contribution in [3.63, 3.8) is 0 Å². The quantitative estimate of drug-likeness (QED) is 0.468. The maximum Gasteiger partial charge on any atom is 0.244 e. The van der Waals surface area contributed by atoms with Gasteiger partial charge < -0.3 is 10.5 Å². The molecule has 1 aliphatic rings. The van der Waals surface area contributed by atoms with Crippen molar-refractivity contribution in [1.29, 1.82) is 0 Å². The highest BCUT2D eigenvalue weighted by Crippen LogP contribution is 2.39. The van der Waals surface area contributed by atoms with E-state index in [-0.39, 0.29) is 11.9 Å². The van der Waals surface area contributed by atoms with Crippen LogP contribution < -0.4 is 10.5 Å². The Morgan fingerprint density at radius 2 is 2.00 bits per heavy atom. The molecule has 5 rings (SSSR count). The maximum absolute atomic E-state index is 13.5. The van der Waals surface area contributed by atoms with Crippen LogP contribution in [-0.2, 0) is 26.9 Å². The number of aromatic nitrogens is 5. The van der Waals surface area contributed by atoms with Crippen LogP contribution in [0, 0.1) is 6.92 Å². The second-order valence-electron chi connectivity index (χ2n) is 8.80. The molecule has 0 aliphatic carbocycles. The number of pyridine rings is 1. The van der Waals surface area contributed by atoms with Crippen molar-refractivity contribution in [3.8, 4) is 28.1 Å². The number of anilines is 1. The molecule has 3 aromatic heterocycles. The molecule has 2 N–H and O–H groups in total. The highest BCUT2D eigenvalue weighted by molar-refractivity contribution is 5.74. The number of alkyl halides is 2. The first-order valence-corrected chi connectivity index (χ1v) is 11.1. The van der Waals surface area contributed by atoms with Gasteiger partial charge in [-0.2, -0.15) is 10.2 Å². The average molecular weight is 465 g/mol. The Bertz CT molecular complexity index is 1390. The topological polar surface area (TPSA) is 83.8 Å². The third-order valence-electron chi connectivity index (χ3n) is 6.22. The second-order valence-corrected chi connectivity index (χ2v) is 8.80.